The van der Waals surface area contributed by atoms with Crippen LogP contribution in [-0.4, -0.2) is 6.10 Å². The number of anilines is 5. The molecule has 0 N–H and O–H groups in total. The summed E-state index contributed by atoms with van der Waals surface area (Å²) in [5.41, 5.74) is 8.16. The normalized spacial score (nSPS) is 13.7. The molecule has 1 atom stereocenters. The smallest absolute Gasteiger partial charge is 0.135 e. The van der Waals surface area contributed by atoms with Crippen LogP contribution in [0.15, 0.2) is 235 Å². The molecule has 0 saturated carbocycles. The molecular weight excluding hydrogens is 749 g/mol. The topological polar surface area (TPSA) is 38.1 Å². The van der Waals surface area contributed by atoms with Crippen molar-refractivity contribution in [3.8, 4) is 17.2 Å². The van der Waals surface area contributed by atoms with Crippen molar-refractivity contribution in [2.45, 2.75) is 12.5 Å². The van der Waals surface area contributed by atoms with Crippen molar-refractivity contribution in [3.63, 3.8) is 0 Å². The molecule has 0 spiro atoms. The molecule has 1 aliphatic rings. The highest BCUT2D eigenvalue weighted by Gasteiger charge is 2.23. The Balaban J connectivity index is 0.899. The quantitative estimate of drug-likeness (QED) is 0.138. The van der Waals surface area contributed by atoms with Gasteiger partial charge in [-0.15, -0.1) is 0 Å². The van der Waals surface area contributed by atoms with Crippen LogP contribution in [0.25, 0.3) is 43.5 Å². The third-order valence-corrected chi connectivity index (χ3v) is 11.4. The van der Waals surface area contributed by atoms with Crippen molar-refractivity contribution in [2.75, 3.05) is 9.80 Å². The lowest BCUT2D eigenvalue weighted by Gasteiger charge is -2.31. The SMILES string of the molecule is C1=CC(Oc2cccc3c(Oc4cccc(N(c5ccccc5)c5ccccc5)c4)cccc23)CC(N(c2ccc3ccccc3c2)c2ccc3oc4ccccc4c3c2)=C1. The Morgan fingerprint density at radius 3 is 1.85 bits per heavy atom. The monoisotopic (exact) mass is 788 g/mol. The van der Waals surface area contributed by atoms with Crippen LogP contribution in [0.4, 0.5) is 28.4 Å². The molecule has 0 fully saturated rings. The van der Waals surface area contributed by atoms with E-state index in [1.807, 2.05) is 54.6 Å². The molecule has 5 nitrogen and oxygen atoms in total. The van der Waals surface area contributed by atoms with Gasteiger partial charge in [0.15, 0.2) is 0 Å². The number of fused-ring (bicyclic) bond motifs is 5. The van der Waals surface area contributed by atoms with Gasteiger partial charge < -0.3 is 23.7 Å². The summed E-state index contributed by atoms with van der Waals surface area (Å²) >= 11 is 0. The first kappa shape index (κ1) is 36.1. The largest absolute Gasteiger partial charge is 0.485 e. The van der Waals surface area contributed by atoms with E-state index >= 15 is 0 Å². The van der Waals surface area contributed by atoms with E-state index in [9.17, 15) is 0 Å². The molecule has 1 aromatic heterocycles. The lowest BCUT2D eigenvalue weighted by atomic mass is 10.0. The lowest BCUT2D eigenvalue weighted by molar-refractivity contribution is 0.250. The van der Waals surface area contributed by atoms with Gasteiger partial charge in [0.1, 0.15) is 34.5 Å². The fourth-order valence-corrected chi connectivity index (χ4v) is 8.55. The van der Waals surface area contributed by atoms with Gasteiger partial charge in [-0.3, -0.25) is 0 Å². The van der Waals surface area contributed by atoms with Crippen molar-refractivity contribution in [3.05, 3.63) is 230 Å². The third kappa shape index (κ3) is 7.02. The number of allylic oxidation sites excluding steroid dienone is 2. The summed E-state index contributed by atoms with van der Waals surface area (Å²) in [4.78, 5) is 4.59. The number of furan rings is 1. The summed E-state index contributed by atoms with van der Waals surface area (Å²) in [6, 6.07) is 71.3. The van der Waals surface area contributed by atoms with E-state index in [4.69, 9.17) is 13.9 Å². The van der Waals surface area contributed by atoms with Gasteiger partial charge in [-0.1, -0.05) is 121 Å². The molecule has 0 aliphatic heterocycles. The maximum atomic E-state index is 6.93. The van der Waals surface area contributed by atoms with Gasteiger partial charge in [-0.25, -0.2) is 0 Å². The zero-order valence-electron chi connectivity index (χ0n) is 33.3. The van der Waals surface area contributed by atoms with Crippen LogP contribution in [0.2, 0.25) is 0 Å². The first-order valence-corrected chi connectivity index (χ1v) is 20.7. The Morgan fingerprint density at radius 1 is 0.426 bits per heavy atom. The van der Waals surface area contributed by atoms with Crippen molar-refractivity contribution in [1.82, 2.24) is 0 Å². The van der Waals surface area contributed by atoms with Gasteiger partial charge in [-0.2, -0.15) is 0 Å². The molecule has 1 unspecified atom stereocenters. The summed E-state index contributed by atoms with van der Waals surface area (Å²) in [7, 11) is 0. The molecule has 292 valence electrons. The van der Waals surface area contributed by atoms with Gasteiger partial charge in [0, 0.05) is 68.2 Å². The minimum atomic E-state index is -0.213. The summed E-state index contributed by atoms with van der Waals surface area (Å²) in [6.07, 6.45) is 6.91. The number of nitrogens with zero attached hydrogens (tertiary/aromatic N) is 2. The number of rotatable bonds is 10. The average Bonchev–Trinajstić information content (AvgIpc) is 3.69. The minimum Gasteiger partial charge on any atom is -0.485 e. The van der Waals surface area contributed by atoms with Crippen LogP contribution in [0.1, 0.15) is 6.42 Å². The maximum Gasteiger partial charge on any atom is 0.135 e. The molecule has 0 bridgehead atoms. The van der Waals surface area contributed by atoms with E-state index in [2.05, 4.69) is 180 Å². The molecule has 1 heterocycles. The third-order valence-electron chi connectivity index (χ3n) is 11.4. The van der Waals surface area contributed by atoms with Crippen molar-refractivity contribution in [1.29, 1.82) is 0 Å². The van der Waals surface area contributed by atoms with Crippen LogP contribution in [0.3, 0.4) is 0 Å². The van der Waals surface area contributed by atoms with E-state index in [0.717, 1.165) is 84.1 Å². The molecule has 0 amide bonds. The number of ether oxygens (including phenoxy) is 2. The number of hydrogen-bond acceptors (Lipinski definition) is 5. The van der Waals surface area contributed by atoms with Crippen molar-refractivity contribution >= 4 is 71.9 Å². The fourth-order valence-electron chi connectivity index (χ4n) is 8.55. The fraction of sp³-hybridized carbons (Fsp3) is 0.0357. The number of hydrogen-bond donors (Lipinski definition) is 0. The molecule has 61 heavy (non-hydrogen) atoms. The van der Waals surface area contributed by atoms with Crippen LogP contribution in [0.5, 0.6) is 17.2 Å². The van der Waals surface area contributed by atoms with E-state index in [-0.39, 0.29) is 6.10 Å². The summed E-state index contributed by atoms with van der Waals surface area (Å²) in [5, 5.41) is 6.54. The molecule has 1 aliphatic carbocycles. The van der Waals surface area contributed by atoms with E-state index in [1.54, 1.807) is 0 Å². The van der Waals surface area contributed by atoms with Gasteiger partial charge in [0.05, 0.1) is 0 Å². The van der Waals surface area contributed by atoms with Gasteiger partial charge >= 0.3 is 0 Å². The maximum absolute atomic E-state index is 6.93. The average molecular weight is 789 g/mol. The zero-order valence-corrected chi connectivity index (χ0v) is 33.3. The lowest BCUT2D eigenvalue weighted by Crippen LogP contribution is -2.25. The van der Waals surface area contributed by atoms with Crippen LogP contribution in [0, 0.1) is 0 Å². The van der Waals surface area contributed by atoms with E-state index in [1.165, 1.54) is 10.8 Å². The molecule has 11 rings (SSSR count). The van der Waals surface area contributed by atoms with Gasteiger partial charge in [0.2, 0.25) is 0 Å². The van der Waals surface area contributed by atoms with Crippen LogP contribution < -0.4 is 19.3 Å². The predicted octanol–water partition coefficient (Wildman–Crippen LogP) is 15.6. The molecule has 5 heteroatoms. The summed E-state index contributed by atoms with van der Waals surface area (Å²) < 4.78 is 19.9. The van der Waals surface area contributed by atoms with Crippen molar-refractivity contribution < 1.29 is 13.9 Å². The van der Waals surface area contributed by atoms with E-state index < -0.39 is 0 Å². The Bertz CT molecular complexity index is 3220. The highest BCUT2D eigenvalue weighted by atomic mass is 16.5. The van der Waals surface area contributed by atoms with Crippen LogP contribution in [-0.2, 0) is 0 Å². The Hall–Kier alpha value is -8.02. The predicted molar refractivity (Wildman–Crippen MR) is 251 cm³/mol. The van der Waals surface area contributed by atoms with E-state index in [0.29, 0.717) is 6.42 Å². The van der Waals surface area contributed by atoms with Gasteiger partial charge in [0.25, 0.3) is 0 Å². The second-order valence-corrected chi connectivity index (χ2v) is 15.3. The highest BCUT2D eigenvalue weighted by molar-refractivity contribution is 6.06. The summed E-state index contributed by atoms with van der Waals surface area (Å²) in [5.74, 6) is 2.31. The van der Waals surface area contributed by atoms with Crippen molar-refractivity contribution in [2.24, 2.45) is 0 Å². The molecule has 0 saturated heterocycles. The molecular formula is C56H40N2O3. The zero-order chi connectivity index (χ0) is 40.5. The standard InChI is InChI=1S/C56H40N2O3/c1-3-17-41(18-4-1)57(42-19-5-2-6-20-42)43-21-11-23-47(36-43)59-53-29-13-27-50-49(53)26-14-30-54(50)60-48-24-12-22-44(37-48)58(45-32-31-39-15-7-8-16-40(39)35-45)46-33-34-56-52(38-46)51-25-9-10-28-55(51)61-56/h1-36,38,48H,37H2. The number of benzene rings is 9. The first-order chi connectivity index (χ1) is 30.2. The molecule has 0 radical (unpaired) electrons. The minimum absolute atomic E-state index is 0.213. The number of para-hydroxylation sites is 3. The second-order valence-electron chi connectivity index (χ2n) is 15.3. The second kappa shape index (κ2) is 15.6. The van der Waals surface area contributed by atoms with Gasteiger partial charge in [-0.05, 0) is 108 Å². The Labute approximate surface area is 354 Å². The first-order valence-electron chi connectivity index (χ1n) is 20.7. The Kier molecular flexibility index (Phi) is 9.24. The van der Waals surface area contributed by atoms with Crippen LogP contribution >= 0.6 is 0 Å². The highest BCUT2D eigenvalue weighted by Crippen LogP contribution is 2.42. The molecule has 9 aromatic carbocycles. The Morgan fingerprint density at radius 2 is 1.03 bits per heavy atom. The molecule has 10 aromatic rings. The summed E-state index contributed by atoms with van der Waals surface area (Å²) in [6.45, 7) is 0.